The Balaban J connectivity index is 1.61. The van der Waals surface area contributed by atoms with Gasteiger partial charge in [0.25, 0.3) is 0 Å². The van der Waals surface area contributed by atoms with Crippen molar-refractivity contribution in [3.8, 4) is 17.0 Å². The Bertz CT molecular complexity index is 1410. The number of hydrogen-bond acceptors (Lipinski definition) is 9. The van der Waals surface area contributed by atoms with Gasteiger partial charge in [0.15, 0.2) is 5.69 Å². The number of nitrogens with two attached hydrogens (primary N) is 1. The SMILES string of the molecule is COc1cccc2ccc(Nc3cc(-c4cnc(N)nc4C(F)(F)F)nc(N4CCOCC4)n3)cc12. The molecule has 2 aromatic heterocycles. The zero-order valence-corrected chi connectivity index (χ0v) is 19.2. The second-order valence-corrected chi connectivity index (χ2v) is 8.05. The molecule has 12 heteroatoms. The molecule has 5 rings (SSSR count). The molecule has 186 valence electrons. The molecule has 1 aliphatic heterocycles. The molecule has 0 unspecified atom stereocenters. The first kappa shape index (κ1) is 23.5. The van der Waals surface area contributed by atoms with Crippen molar-refractivity contribution in [2.24, 2.45) is 0 Å². The minimum absolute atomic E-state index is 0.0136. The van der Waals surface area contributed by atoms with Crippen LogP contribution in [0.2, 0.25) is 0 Å². The van der Waals surface area contributed by atoms with Gasteiger partial charge in [-0.2, -0.15) is 18.2 Å². The number of nitrogen functional groups attached to an aromatic ring is 1. The van der Waals surface area contributed by atoms with Crippen molar-refractivity contribution in [3.05, 3.63) is 54.4 Å². The molecule has 0 atom stereocenters. The summed E-state index contributed by atoms with van der Waals surface area (Å²) in [4.78, 5) is 18.1. The van der Waals surface area contributed by atoms with Crippen molar-refractivity contribution < 1.29 is 22.6 Å². The molecule has 0 spiro atoms. The number of fused-ring (bicyclic) bond motifs is 1. The van der Waals surface area contributed by atoms with Crippen LogP contribution in [-0.4, -0.2) is 53.3 Å². The van der Waals surface area contributed by atoms with Crippen LogP contribution in [0.1, 0.15) is 5.69 Å². The quantitative estimate of drug-likeness (QED) is 0.417. The molecule has 9 nitrogen and oxygen atoms in total. The lowest BCUT2D eigenvalue weighted by Crippen LogP contribution is -2.37. The van der Waals surface area contributed by atoms with Gasteiger partial charge in [-0.3, -0.25) is 0 Å². The van der Waals surface area contributed by atoms with Crippen LogP contribution in [0, 0.1) is 0 Å². The fourth-order valence-corrected chi connectivity index (χ4v) is 3.99. The number of alkyl halides is 3. The summed E-state index contributed by atoms with van der Waals surface area (Å²) in [5.74, 6) is 0.793. The molecule has 4 aromatic rings. The summed E-state index contributed by atoms with van der Waals surface area (Å²) in [5, 5.41) is 5.05. The van der Waals surface area contributed by atoms with E-state index in [9.17, 15) is 13.2 Å². The molecule has 0 saturated carbocycles. The number of halogens is 3. The van der Waals surface area contributed by atoms with Crippen LogP contribution in [0.25, 0.3) is 22.0 Å². The Morgan fingerprint density at radius 3 is 2.61 bits per heavy atom. The van der Waals surface area contributed by atoms with Crippen LogP contribution < -0.4 is 20.7 Å². The number of anilines is 4. The summed E-state index contributed by atoms with van der Waals surface area (Å²) in [7, 11) is 1.59. The summed E-state index contributed by atoms with van der Waals surface area (Å²) in [6.45, 7) is 1.92. The third-order valence-electron chi connectivity index (χ3n) is 5.69. The lowest BCUT2D eigenvalue weighted by atomic mass is 10.1. The van der Waals surface area contributed by atoms with Gasteiger partial charge < -0.3 is 25.4 Å². The molecule has 0 radical (unpaired) electrons. The Morgan fingerprint density at radius 2 is 1.86 bits per heavy atom. The second-order valence-electron chi connectivity index (χ2n) is 8.05. The molecule has 0 aliphatic carbocycles. The van der Waals surface area contributed by atoms with Gasteiger partial charge in [-0.25, -0.2) is 15.0 Å². The van der Waals surface area contributed by atoms with Crippen molar-refractivity contribution in [2.75, 3.05) is 49.4 Å². The normalized spacial score (nSPS) is 14.2. The molecule has 3 heterocycles. The number of nitrogens with one attached hydrogen (secondary N) is 1. The van der Waals surface area contributed by atoms with Crippen LogP contribution in [0.4, 0.5) is 36.6 Å². The summed E-state index contributed by atoms with van der Waals surface area (Å²) < 4.78 is 52.2. The molecule has 1 aliphatic rings. The van der Waals surface area contributed by atoms with E-state index in [0.29, 0.717) is 43.6 Å². The van der Waals surface area contributed by atoms with E-state index >= 15 is 0 Å². The fraction of sp³-hybridized carbons (Fsp3) is 0.250. The van der Waals surface area contributed by atoms with Crippen molar-refractivity contribution in [1.82, 2.24) is 19.9 Å². The largest absolute Gasteiger partial charge is 0.496 e. The van der Waals surface area contributed by atoms with E-state index in [1.54, 1.807) is 7.11 Å². The third kappa shape index (κ3) is 4.80. The summed E-state index contributed by atoms with van der Waals surface area (Å²) >= 11 is 0. The van der Waals surface area contributed by atoms with Crippen molar-refractivity contribution in [3.63, 3.8) is 0 Å². The van der Waals surface area contributed by atoms with Gasteiger partial charge >= 0.3 is 6.18 Å². The predicted molar refractivity (Wildman–Crippen MR) is 129 cm³/mol. The lowest BCUT2D eigenvalue weighted by molar-refractivity contribution is -0.140. The number of rotatable bonds is 5. The Labute approximate surface area is 204 Å². The number of aromatic nitrogens is 4. The van der Waals surface area contributed by atoms with Crippen LogP contribution >= 0.6 is 0 Å². The number of ether oxygens (including phenoxy) is 2. The summed E-state index contributed by atoms with van der Waals surface area (Å²) in [5.41, 5.74) is 4.68. The van der Waals surface area contributed by atoms with Crippen LogP contribution in [0.15, 0.2) is 48.7 Å². The van der Waals surface area contributed by atoms with Gasteiger partial charge in [-0.1, -0.05) is 18.2 Å². The maximum absolute atomic E-state index is 13.8. The van der Waals surface area contributed by atoms with Gasteiger partial charge in [0.05, 0.1) is 26.0 Å². The summed E-state index contributed by atoms with van der Waals surface area (Å²) in [6.07, 6.45) is -3.72. The number of morpholine rings is 1. The van der Waals surface area contributed by atoms with Gasteiger partial charge in [-0.15, -0.1) is 0 Å². The third-order valence-corrected chi connectivity index (χ3v) is 5.69. The van der Waals surface area contributed by atoms with Crippen molar-refractivity contribution in [2.45, 2.75) is 6.18 Å². The van der Waals surface area contributed by atoms with Gasteiger partial charge in [0.2, 0.25) is 11.9 Å². The van der Waals surface area contributed by atoms with E-state index in [4.69, 9.17) is 15.2 Å². The highest BCUT2D eigenvalue weighted by Gasteiger charge is 2.37. The predicted octanol–water partition coefficient (Wildman–Crippen LogP) is 4.28. The Morgan fingerprint density at radius 1 is 1.06 bits per heavy atom. The lowest BCUT2D eigenvalue weighted by Gasteiger charge is -2.27. The van der Waals surface area contributed by atoms with E-state index in [1.807, 2.05) is 41.3 Å². The second kappa shape index (κ2) is 9.46. The topological polar surface area (TPSA) is 111 Å². The molecule has 36 heavy (non-hydrogen) atoms. The average molecular weight is 497 g/mol. The van der Waals surface area contributed by atoms with Crippen LogP contribution in [0.3, 0.4) is 0 Å². The molecule has 1 fully saturated rings. The first-order valence-electron chi connectivity index (χ1n) is 11.1. The maximum atomic E-state index is 13.8. The highest BCUT2D eigenvalue weighted by atomic mass is 19.4. The number of nitrogens with zero attached hydrogens (tertiary/aromatic N) is 5. The van der Waals surface area contributed by atoms with Crippen LogP contribution in [0.5, 0.6) is 5.75 Å². The molecule has 0 amide bonds. The molecular weight excluding hydrogens is 475 g/mol. The van der Waals surface area contributed by atoms with Crippen LogP contribution in [-0.2, 0) is 10.9 Å². The minimum Gasteiger partial charge on any atom is -0.496 e. The molecule has 2 aromatic carbocycles. The summed E-state index contributed by atoms with van der Waals surface area (Å²) in [6, 6.07) is 12.8. The van der Waals surface area contributed by atoms with Gasteiger partial charge in [0, 0.05) is 42.0 Å². The zero-order chi connectivity index (χ0) is 25.3. The fourth-order valence-electron chi connectivity index (χ4n) is 3.99. The van der Waals surface area contributed by atoms with Crippen molar-refractivity contribution >= 4 is 34.2 Å². The highest BCUT2D eigenvalue weighted by Crippen LogP contribution is 2.37. The molecule has 0 bridgehead atoms. The van der Waals surface area contributed by atoms with E-state index in [0.717, 1.165) is 17.0 Å². The van der Waals surface area contributed by atoms with Gasteiger partial charge in [-0.05, 0) is 23.6 Å². The zero-order valence-electron chi connectivity index (χ0n) is 19.2. The van der Waals surface area contributed by atoms with E-state index < -0.39 is 17.8 Å². The number of hydrogen-bond donors (Lipinski definition) is 2. The molecular formula is C24H22F3N7O2. The maximum Gasteiger partial charge on any atom is 0.434 e. The minimum atomic E-state index is -4.75. The standard InChI is InChI=1S/C24H22F3N7O2/c1-35-19-4-2-3-14-5-6-15(11-16(14)19)30-20-12-18(31-23(32-20)34-7-9-36-10-8-34)17-13-29-22(28)33-21(17)24(25,26)27/h2-6,11-13H,7-10H2,1H3,(H2,28,29,33)(H,30,31,32). The smallest absolute Gasteiger partial charge is 0.434 e. The first-order chi connectivity index (χ1) is 17.3. The number of benzene rings is 2. The van der Waals surface area contributed by atoms with Gasteiger partial charge in [0.1, 0.15) is 11.6 Å². The molecule has 3 N–H and O–H groups in total. The molecule has 1 saturated heterocycles. The van der Waals surface area contributed by atoms with Crippen molar-refractivity contribution in [1.29, 1.82) is 0 Å². The monoisotopic (exact) mass is 497 g/mol. The Kier molecular flexibility index (Phi) is 6.18. The highest BCUT2D eigenvalue weighted by molar-refractivity contribution is 5.91. The average Bonchev–Trinajstić information content (AvgIpc) is 2.88. The van der Waals surface area contributed by atoms with E-state index in [1.165, 1.54) is 6.07 Å². The van der Waals surface area contributed by atoms with E-state index in [-0.39, 0.29) is 17.2 Å². The first-order valence-corrected chi connectivity index (χ1v) is 11.1. The number of methoxy groups -OCH3 is 1. The Hall–Kier alpha value is -4.19. The van der Waals surface area contributed by atoms with E-state index in [2.05, 4.69) is 25.3 Å².